The van der Waals surface area contributed by atoms with Gasteiger partial charge in [-0.3, -0.25) is 24.5 Å². The number of imidazole rings is 1. The third-order valence-electron chi connectivity index (χ3n) is 6.08. The summed E-state index contributed by atoms with van der Waals surface area (Å²) in [4.78, 5) is 70.9. The molecule has 1 aliphatic heterocycles. The molecule has 38 heavy (non-hydrogen) atoms. The van der Waals surface area contributed by atoms with Crippen molar-refractivity contribution >= 4 is 29.8 Å². The van der Waals surface area contributed by atoms with Crippen molar-refractivity contribution < 1.29 is 33.4 Å². The number of carbonyl (C=O) groups excluding carboxylic acids is 5. The molecule has 1 aromatic heterocycles. The standard InChI is InChI=1S/C25H32N6O7/c1-37-21(32)10-9-18(26)22(33)29-19(12-17-13-27-15-28-17)24(35)31-11-5-8-20(31)23(34)30-25(36)38-14-16-6-3-2-4-7-16/h2-4,6-7,13,15,18-20H,5,8-12,14,26H2,1H3,(H,27,28)(H,29,33)(H,30,34,36)/t18-,19-,20-/m0/s1. The fraction of sp³-hybridized carbons (Fsp3) is 0.440. The van der Waals surface area contributed by atoms with E-state index in [1.807, 2.05) is 6.07 Å². The van der Waals surface area contributed by atoms with Crippen molar-refractivity contribution in [1.29, 1.82) is 0 Å². The number of nitrogens with zero attached hydrogens (tertiary/aromatic N) is 2. The molecule has 13 heteroatoms. The summed E-state index contributed by atoms with van der Waals surface area (Å²) >= 11 is 0. The number of nitrogens with two attached hydrogens (primary N) is 1. The second-order valence-corrected chi connectivity index (χ2v) is 8.79. The summed E-state index contributed by atoms with van der Waals surface area (Å²) in [6.45, 7) is 0.249. The Labute approximate surface area is 219 Å². The molecule has 1 saturated heterocycles. The number of methoxy groups -OCH3 is 1. The molecule has 0 radical (unpaired) electrons. The van der Waals surface area contributed by atoms with E-state index in [9.17, 15) is 24.0 Å². The van der Waals surface area contributed by atoms with Crippen LogP contribution in [0.1, 0.15) is 36.9 Å². The predicted molar refractivity (Wildman–Crippen MR) is 133 cm³/mol. The van der Waals surface area contributed by atoms with E-state index in [0.717, 1.165) is 5.56 Å². The van der Waals surface area contributed by atoms with Crippen LogP contribution < -0.4 is 16.4 Å². The van der Waals surface area contributed by atoms with Crippen LogP contribution in [0.15, 0.2) is 42.9 Å². The van der Waals surface area contributed by atoms with Crippen molar-refractivity contribution in [3.8, 4) is 0 Å². The maximum Gasteiger partial charge on any atom is 0.414 e. The number of H-pyrrole nitrogens is 1. The van der Waals surface area contributed by atoms with Crippen LogP contribution in [-0.2, 0) is 41.7 Å². The zero-order valence-electron chi connectivity index (χ0n) is 21.1. The van der Waals surface area contributed by atoms with Gasteiger partial charge in [0.25, 0.3) is 5.91 Å². The lowest BCUT2D eigenvalue weighted by Crippen LogP contribution is -2.56. The van der Waals surface area contributed by atoms with Gasteiger partial charge in [-0.2, -0.15) is 0 Å². The highest BCUT2D eigenvalue weighted by atomic mass is 16.5. The summed E-state index contributed by atoms with van der Waals surface area (Å²) in [6, 6.07) is 5.94. The highest BCUT2D eigenvalue weighted by molar-refractivity contribution is 5.98. The Kier molecular flexibility index (Phi) is 10.3. The first-order chi connectivity index (χ1) is 18.3. The third-order valence-corrected chi connectivity index (χ3v) is 6.08. The summed E-state index contributed by atoms with van der Waals surface area (Å²) in [5, 5.41) is 4.82. The zero-order valence-corrected chi connectivity index (χ0v) is 21.1. The molecule has 4 amide bonds. The largest absolute Gasteiger partial charge is 0.469 e. The van der Waals surface area contributed by atoms with E-state index < -0.39 is 47.9 Å². The van der Waals surface area contributed by atoms with Gasteiger partial charge in [0, 0.05) is 25.6 Å². The van der Waals surface area contributed by atoms with E-state index in [1.165, 1.54) is 18.3 Å². The topological polar surface area (TPSA) is 186 Å². The summed E-state index contributed by atoms with van der Waals surface area (Å²) in [6.07, 6.45) is 2.99. The molecule has 204 valence electrons. The van der Waals surface area contributed by atoms with Crippen molar-refractivity contribution in [2.45, 2.75) is 56.8 Å². The molecule has 0 saturated carbocycles. The Morgan fingerprint density at radius 2 is 1.97 bits per heavy atom. The van der Waals surface area contributed by atoms with Crippen LogP contribution in [0.4, 0.5) is 4.79 Å². The number of nitrogens with one attached hydrogen (secondary N) is 3. The van der Waals surface area contributed by atoms with Crippen LogP contribution in [0.3, 0.4) is 0 Å². The second kappa shape index (κ2) is 13.9. The molecular weight excluding hydrogens is 496 g/mol. The molecular formula is C25H32N6O7. The third kappa shape index (κ3) is 8.13. The van der Waals surface area contributed by atoms with Crippen LogP contribution in [0.2, 0.25) is 0 Å². The van der Waals surface area contributed by atoms with E-state index in [2.05, 4.69) is 25.3 Å². The van der Waals surface area contributed by atoms with E-state index >= 15 is 0 Å². The summed E-state index contributed by atoms with van der Waals surface area (Å²) in [5.41, 5.74) is 7.18. The molecule has 2 heterocycles. The van der Waals surface area contributed by atoms with Gasteiger partial charge in [0.15, 0.2) is 0 Å². The van der Waals surface area contributed by atoms with Gasteiger partial charge < -0.3 is 30.4 Å². The van der Waals surface area contributed by atoms with E-state index in [1.54, 1.807) is 30.5 Å². The minimum absolute atomic E-state index is 0.0126. The fourth-order valence-corrected chi connectivity index (χ4v) is 4.04. The van der Waals surface area contributed by atoms with Crippen molar-refractivity contribution in [3.63, 3.8) is 0 Å². The molecule has 5 N–H and O–H groups in total. The number of amides is 4. The van der Waals surface area contributed by atoms with Crippen molar-refractivity contribution in [2.75, 3.05) is 13.7 Å². The lowest BCUT2D eigenvalue weighted by atomic mass is 10.1. The minimum Gasteiger partial charge on any atom is -0.469 e. The van der Waals surface area contributed by atoms with Crippen LogP contribution in [-0.4, -0.2) is 76.4 Å². The number of ether oxygens (including phenoxy) is 2. The number of alkyl carbamates (subject to hydrolysis) is 1. The molecule has 2 aromatic rings. The van der Waals surface area contributed by atoms with Crippen LogP contribution in [0, 0.1) is 0 Å². The zero-order chi connectivity index (χ0) is 27.5. The average Bonchev–Trinajstić information content (AvgIpc) is 3.62. The molecule has 13 nitrogen and oxygen atoms in total. The summed E-state index contributed by atoms with van der Waals surface area (Å²) in [7, 11) is 1.23. The summed E-state index contributed by atoms with van der Waals surface area (Å²) < 4.78 is 9.68. The number of aromatic nitrogens is 2. The Morgan fingerprint density at radius 3 is 2.66 bits per heavy atom. The first-order valence-corrected chi connectivity index (χ1v) is 12.2. The smallest absolute Gasteiger partial charge is 0.414 e. The Hall–Kier alpha value is -4.26. The van der Waals surface area contributed by atoms with Crippen molar-refractivity contribution in [2.24, 2.45) is 5.73 Å². The second-order valence-electron chi connectivity index (χ2n) is 8.79. The first-order valence-electron chi connectivity index (χ1n) is 12.2. The average molecular weight is 529 g/mol. The van der Waals surface area contributed by atoms with Gasteiger partial charge >= 0.3 is 12.1 Å². The maximum atomic E-state index is 13.5. The van der Waals surface area contributed by atoms with Gasteiger partial charge in [0.1, 0.15) is 18.7 Å². The molecule has 1 fully saturated rings. The van der Waals surface area contributed by atoms with Gasteiger partial charge in [-0.25, -0.2) is 9.78 Å². The SMILES string of the molecule is COC(=O)CC[C@H](N)C(=O)N[C@@H](Cc1c[nH]cn1)C(=O)N1CCC[C@H]1C(=O)NC(=O)OCc1ccccc1. The van der Waals surface area contributed by atoms with Crippen molar-refractivity contribution in [1.82, 2.24) is 25.5 Å². The highest BCUT2D eigenvalue weighted by Crippen LogP contribution is 2.20. The number of carbonyl (C=O) groups is 5. The summed E-state index contributed by atoms with van der Waals surface area (Å²) in [5.74, 6) is -2.33. The highest BCUT2D eigenvalue weighted by Gasteiger charge is 2.39. The Morgan fingerprint density at radius 1 is 1.21 bits per heavy atom. The minimum atomic E-state index is -1.08. The lowest BCUT2D eigenvalue weighted by molar-refractivity contribution is -0.142. The molecule has 3 rings (SSSR count). The molecule has 1 aliphatic rings. The normalized spacial score (nSPS) is 16.3. The predicted octanol–water partition coefficient (Wildman–Crippen LogP) is 0.162. The van der Waals surface area contributed by atoms with E-state index in [-0.39, 0.29) is 32.4 Å². The quantitative estimate of drug-likeness (QED) is 0.295. The van der Waals surface area contributed by atoms with Gasteiger partial charge in [0.05, 0.1) is 25.2 Å². The van der Waals surface area contributed by atoms with Crippen LogP contribution in [0.5, 0.6) is 0 Å². The number of benzene rings is 1. The molecule has 0 bridgehead atoms. The number of imide groups is 1. The van der Waals surface area contributed by atoms with E-state index in [0.29, 0.717) is 18.5 Å². The van der Waals surface area contributed by atoms with Gasteiger partial charge in [0.2, 0.25) is 11.8 Å². The number of esters is 1. The van der Waals surface area contributed by atoms with Gasteiger partial charge in [-0.15, -0.1) is 0 Å². The Balaban J connectivity index is 1.63. The number of rotatable bonds is 11. The molecule has 0 spiro atoms. The number of hydrogen-bond acceptors (Lipinski definition) is 9. The molecule has 0 aliphatic carbocycles. The first kappa shape index (κ1) is 28.3. The molecule has 1 aromatic carbocycles. The van der Waals surface area contributed by atoms with E-state index in [4.69, 9.17) is 10.5 Å². The number of aromatic amines is 1. The maximum absolute atomic E-state index is 13.5. The van der Waals surface area contributed by atoms with Gasteiger partial charge in [-0.05, 0) is 24.8 Å². The lowest BCUT2D eigenvalue weighted by Gasteiger charge is -2.29. The van der Waals surface area contributed by atoms with Gasteiger partial charge in [-0.1, -0.05) is 30.3 Å². The Bertz CT molecular complexity index is 1110. The molecule has 0 unspecified atom stereocenters. The van der Waals surface area contributed by atoms with Crippen LogP contribution in [0.25, 0.3) is 0 Å². The monoisotopic (exact) mass is 528 g/mol. The number of hydrogen-bond donors (Lipinski definition) is 4. The van der Waals surface area contributed by atoms with Crippen molar-refractivity contribution in [3.05, 3.63) is 54.1 Å². The molecule has 3 atom stereocenters. The van der Waals surface area contributed by atoms with Crippen LogP contribution >= 0.6 is 0 Å². The number of likely N-dealkylation sites (tertiary alicyclic amines) is 1. The fourth-order valence-electron chi connectivity index (χ4n) is 4.04.